The third-order valence-electron chi connectivity index (χ3n) is 2.00. The molecule has 0 aliphatic rings. The molecule has 3 nitrogen and oxygen atoms in total. The average molecular weight is 295 g/mol. The van der Waals surface area contributed by atoms with Gasteiger partial charge in [0, 0.05) is 5.88 Å². The highest BCUT2D eigenvalue weighted by molar-refractivity contribution is 6.17. The normalized spacial score (nSPS) is 11.8. The van der Waals surface area contributed by atoms with E-state index in [1.807, 2.05) is 0 Å². The lowest BCUT2D eigenvalue weighted by atomic mass is 10.1. The number of hydrogen-bond donors (Lipinski definition) is 1. The van der Waals surface area contributed by atoms with Crippen molar-refractivity contribution in [2.75, 3.05) is 5.88 Å². The van der Waals surface area contributed by atoms with Gasteiger partial charge in [0.25, 0.3) is 0 Å². The second kappa shape index (κ2) is 6.47. The van der Waals surface area contributed by atoms with Crippen LogP contribution >= 0.6 is 11.6 Å². The van der Waals surface area contributed by atoms with E-state index in [0.29, 0.717) is 17.9 Å². The molecule has 0 aromatic heterocycles. The van der Waals surface area contributed by atoms with Crippen molar-refractivity contribution in [3.05, 3.63) is 35.4 Å². The van der Waals surface area contributed by atoms with Gasteiger partial charge in [-0.2, -0.15) is 0 Å². The fourth-order valence-electron chi connectivity index (χ4n) is 1.32. The van der Waals surface area contributed by atoms with E-state index >= 15 is 0 Å². The van der Waals surface area contributed by atoms with Crippen molar-refractivity contribution in [3.63, 3.8) is 0 Å². The van der Waals surface area contributed by atoms with Crippen LogP contribution in [0, 0.1) is 0 Å². The van der Waals surface area contributed by atoms with Crippen LogP contribution in [0.4, 0.5) is 13.2 Å². The third-order valence-corrected chi connectivity index (χ3v) is 2.21. The number of alkyl halides is 4. The highest BCUT2D eigenvalue weighted by atomic mass is 35.5. The number of benzene rings is 1. The van der Waals surface area contributed by atoms with Gasteiger partial charge in [-0.05, 0) is 30.2 Å². The van der Waals surface area contributed by atoms with Gasteiger partial charge < -0.3 is 9.84 Å². The van der Waals surface area contributed by atoms with Crippen molar-refractivity contribution in [2.24, 2.45) is 0 Å². The second-order valence-electron chi connectivity index (χ2n) is 3.52. The zero-order valence-electron chi connectivity index (χ0n) is 9.58. The molecule has 0 atom stereocenters. The Hall–Kier alpha value is -1.69. The Labute approximate surface area is 112 Å². The number of hydrogen-bond acceptors (Lipinski definition) is 2. The average Bonchev–Trinajstić information content (AvgIpc) is 2.26. The molecule has 0 saturated carbocycles. The molecule has 0 radical (unpaired) electrons. The van der Waals surface area contributed by atoms with Gasteiger partial charge in [-0.1, -0.05) is 12.2 Å². The Balaban J connectivity index is 3.07. The first-order valence-corrected chi connectivity index (χ1v) is 5.72. The summed E-state index contributed by atoms with van der Waals surface area (Å²) in [6.45, 7) is 0. The van der Waals surface area contributed by atoms with Crippen LogP contribution in [0.2, 0.25) is 0 Å². The SMILES string of the molecule is O=C(O)c1cc(C=CCCCl)cc(OC(F)(F)F)c1. The molecule has 19 heavy (non-hydrogen) atoms. The summed E-state index contributed by atoms with van der Waals surface area (Å²) in [4.78, 5) is 10.8. The van der Waals surface area contributed by atoms with E-state index in [1.165, 1.54) is 12.1 Å². The van der Waals surface area contributed by atoms with Gasteiger partial charge in [0.2, 0.25) is 0 Å². The maximum absolute atomic E-state index is 12.1. The van der Waals surface area contributed by atoms with E-state index in [0.717, 1.165) is 12.1 Å². The van der Waals surface area contributed by atoms with Crippen molar-refractivity contribution in [1.29, 1.82) is 0 Å². The Morgan fingerprint density at radius 3 is 2.58 bits per heavy atom. The number of carboxylic acid groups (broad SMARTS) is 1. The maximum atomic E-state index is 12.1. The van der Waals surface area contributed by atoms with Crippen LogP contribution in [-0.2, 0) is 0 Å². The number of carbonyl (C=O) groups is 1. The van der Waals surface area contributed by atoms with Crippen LogP contribution in [-0.4, -0.2) is 23.3 Å². The van der Waals surface area contributed by atoms with E-state index in [1.54, 1.807) is 6.08 Å². The van der Waals surface area contributed by atoms with Crippen LogP contribution in [0.1, 0.15) is 22.3 Å². The number of ether oxygens (including phenoxy) is 1. The summed E-state index contributed by atoms with van der Waals surface area (Å²) in [5.74, 6) is -1.54. The van der Waals surface area contributed by atoms with Crippen LogP contribution in [0.3, 0.4) is 0 Å². The lowest BCUT2D eigenvalue weighted by Crippen LogP contribution is -2.17. The van der Waals surface area contributed by atoms with Gasteiger partial charge >= 0.3 is 12.3 Å². The molecule has 0 heterocycles. The van der Waals surface area contributed by atoms with Crippen molar-refractivity contribution >= 4 is 23.6 Å². The molecule has 0 aliphatic heterocycles. The molecular formula is C12H10ClF3O3. The molecule has 104 valence electrons. The fourth-order valence-corrected chi connectivity index (χ4v) is 1.44. The van der Waals surface area contributed by atoms with E-state index in [2.05, 4.69) is 4.74 Å². The predicted octanol–water partition coefficient (Wildman–Crippen LogP) is 3.93. The highest BCUT2D eigenvalue weighted by Crippen LogP contribution is 2.25. The molecular weight excluding hydrogens is 285 g/mol. The Bertz CT molecular complexity index is 484. The molecule has 0 spiro atoms. The van der Waals surface area contributed by atoms with E-state index in [-0.39, 0.29) is 5.56 Å². The molecule has 1 aromatic carbocycles. The van der Waals surface area contributed by atoms with Crippen LogP contribution in [0.5, 0.6) is 5.75 Å². The summed E-state index contributed by atoms with van der Waals surface area (Å²) in [7, 11) is 0. The van der Waals surface area contributed by atoms with Gasteiger partial charge in [-0.3, -0.25) is 0 Å². The molecule has 0 amide bonds. The summed E-state index contributed by atoms with van der Waals surface area (Å²) in [6, 6.07) is 3.16. The molecule has 1 N–H and O–H groups in total. The smallest absolute Gasteiger partial charge is 0.478 e. The van der Waals surface area contributed by atoms with E-state index in [9.17, 15) is 18.0 Å². The summed E-state index contributed by atoms with van der Waals surface area (Å²) < 4.78 is 40.0. The lowest BCUT2D eigenvalue weighted by Gasteiger charge is -2.10. The molecule has 0 unspecified atom stereocenters. The largest absolute Gasteiger partial charge is 0.573 e. The standard InChI is InChI=1S/C12H10ClF3O3/c13-4-2-1-3-8-5-9(11(17)18)7-10(6-8)19-12(14,15)16/h1,3,5-7H,2,4H2,(H,17,18). The minimum Gasteiger partial charge on any atom is -0.478 e. The van der Waals surface area contributed by atoms with Crippen molar-refractivity contribution in [3.8, 4) is 5.75 Å². The Kier molecular flexibility index (Phi) is 5.23. The Morgan fingerprint density at radius 2 is 2.05 bits per heavy atom. The van der Waals surface area contributed by atoms with Gasteiger partial charge in [0.15, 0.2) is 0 Å². The van der Waals surface area contributed by atoms with Crippen molar-refractivity contribution in [1.82, 2.24) is 0 Å². The Morgan fingerprint density at radius 1 is 1.37 bits per heavy atom. The molecule has 0 fully saturated rings. The predicted molar refractivity (Wildman–Crippen MR) is 64.5 cm³/mol. The number of rotatable bonds is 5. The molecule has 0 aliphatic carbocycles. The minimum atomic E-state index is -4.87. The quantitative estimate of drug-likeness (QED) is 0.837. The van der Waals surface area contributed by atoms with Crippen LogP contribution in [0.15, 0.2) is 24.3 Å². The monoisotopic (exact) mass is 294 g/mol. The number of allylic oxidation sites excluding steroid dienone is 1. The second-order valence-corrected chi connectivity index (χ2v) is 3.90. The summed E-state index contributed by atoms with van der Waals surface area (Å²) in [5.41, 5.74) is 0.0107. The van der Waals surface area contributed by atoms with Gasteiger partial charge in [-0.15, -0.1) is 24.8 Å². The highest BCUT2D eigenvalue weighted by Gasteiger charge is 2.31. The van der Waals surface area contributed by atoms with E-state index < -0.39 is 18.1 Å². The molecule has 0 saturated heterocycles. The zero-order valence-corrected chi connectivity index (χ0v) is 10.3. The number of halogens is 4. The summed E-state index contributed by atoms with van der Waals surface area (Å²) in [6.07, 6.45) is -1.23. The molecule has 7 heteroatoms. The maximum Gasteiger partial charge on any atom is 0.573 e. The summed E-state index contributed by atoms with van der Waals surface area (Å²) >= 11 is 5.45. The minimum absolute atomic E-state index is 0.285. The molecule has 1 aromatic rings. The van der Waals surface area contributed by atoms with E-state index in [4.69, 9.17) is 16.7 Å². The van der Waals surface area contributed by atoms with Crippen LogP contribution in [0.25, 0.3) is 6.08 Å². The van der Waals surface area contributed by atoms with Crippen molar-refractivity contribution < 1.29 is 27.8 Å². The lowest BCUT2D eigenvalue weighted by molar-refractivity contribution is -0.274. The number of carboxylic acids is 1. The van der Waals surface area contributed by atoms with Gasteiger partial charge in [0.05, 0.1) is 5.56 Å². The number of aromatic carboxylic acids is 1. The first-order chi connectivity index (χ1) is 8.81. The third kappa shape index (κ3) is 5.65. The first-order valence-electron chi connectivity index (χ1n) is 5.18. The molecule has 0 bridgehead atoms. The van der Waals surface area contributed by atoms with Crippen molar-refractivity contribution in [2.45, 2.75) is 12.8 Å². The topological polar surface area (TPSA) is 46.5 Å². The van der Waals surface area contributed by atoms with Gasteiger partial charge in [0.1, 0.15) is 5.75 Å². The summed E-state index contributed by atoms with van der Waals surface area (Å²) in [5, 5.41) is 8.82. The van der Waals surface area contributed by atoms with Gasteiger partial charge in [-0.25, -0.2) is 4.79 Å². The fraction of sp³-hybridized carbons (Fsp3) is 0.250. The zero-order chi connectivity index (χ0) is 14.5. The van der Waals surface area contributed by atoms with Crippen LogP contribution < -0.4 is 4.74 Å². The first kappa shape index (κ1) is 15.4. The molecule has 1 rings (SSSR count).